The standard InChI is InChI=1S/C10H14N2O3S/c1-6-4-12(5-7(2)15-6)10-11-3-8(16-10)9(13)14/h3,6-7H,4-5H2,1-2H3,(H,13,14)/t6-,7+. The lowest BCUT2D eigenvalue weighted by Crippen LogP contribution is -2.45. The molecular weight excluding hydrogens is 228 g/mol. The van der Waals surface area contributed by atoms with Crippen molar-refractivity contribution in [3.8, 4) is 0 Å². The number of anilines is 1. The van der Waals surface area contributed by atoms with Gasteiger partial charge in [-0.05, 0) is 13.8 Å². The average Bonchev–Trinajstić information content (AvgIpc) is 2.64. The number of morpholine rings is 1. The van der Waals surface area contributed by atoms with Crippen molar-refractivity contribution >= 4 is 22.4 Å². The van der Waals surface area contributed by atoms with Crippen LogP contribution in [0.15, 0.2) is 6.20 Å². The molecular formula is C10H14N2O3S. The monoisotopic (exact) mass is 242 g/mol. The van der Waals surface area contributed by atoms with Crippen LogP contribution in [0.3, 0.4) is 0 Å². The largest absolute Gasteiger partial charge is 0.477 e. The molecule has 1 aliphatic rings. The molecule has 1 aromatic rings. The minimum absolute atomic E-state index is 0.154. The van der Waals surface area contributed by atoms with Crippen LogP contribution in [0.25, 0.3) is 0 Å². The fourth-order valence-corrected chi connectivity index (χ4v) is 2.62. The number of aromatic nitrogens is 1. The molecule has 1 N–H and O–H groups in total. The number of aromatic carboxylic acids is 1. The highest BCUT2D eigenvalue weighted by molar-refractivity contribution is 7.17. The fourth-order valence-electron chi connectivity index (χ4n) is 1.84. The van der Waals surface area contributed by atoms with Crippen LogP contribution in [-0.4, -0.2) is 41.4 Å². The second kappa shape index (κ2) is 4.39. The number of hydrogen-bond acceptors (Lipinski definition) is 5. The topological polar surface area (TPSA) is 62.7 Å². The van der Waals surface area contributed by atoms with E-state index in [1.54, 1.807) is 0 Å². The highest BCUT2D eigenvalue weighted by Gasteiger charge is 2.24. The lowest BCUT2D eigenvalue weighted by atomic mass is 10.2. The molecule has 5 nitrogen and oxygen atoms in total. The van der Waals surface area contributed by atoms with Gasteiger partial charge in [-0.25, -0.2) is 9.78 Å². The second-order valence-corrected chi connectivity index (χ2v) is 4.98. The smallest absolute Gasteiger partial charge is 0.347 e. The molecule has 0 radical (unpaired) electrons. The van der Waals surface area contributed by atoms with E-state index >= 15 is 0 Å². The van der Waals surface area contributed by atoms with Crippen LogP contribution in [0, 0.1) is 0 Å². The van der Waals surface area contributed by atoms with Crippen molar-refractivity contribution in [3.05, 3.63) is 11.1 Å². The van der Waals surface area contributed by atoms with Crippen LogP contribution in [-0.2, 0) is 4.74 Å². The Morgan fingerprint density at radius 2 is 2.19 bits per heavy atom. The Balaban J connectivity index is 2.13. The van der Waals surface area contributed by atoms with Gasteiger partial charge < -0.3 is 14.7 Å². The summed E-state index contributed by atoms with van der Waals surface area (Å²) in [5, 5.41) is 9.59. The van der Waals surface area contributed by atoms with E-state index < -0.39 is 5.97 Å². The third-order valence-electron chi connectivity index (χ3n) is 2.39. The van der Waals surface area contributed by atoms with Crippen LogP contribution in [0.4, 0.5) is 5.13 Å². The van der Waals surface area contributed by atoms with E-state index in [-0.39, 0.29) is 17.1 Å². The Labute approximate surface area is 97.7 Å². The van der Waals surface area contributed by atoms with Crippen LogP contribution in [0.1, 0.15) is 23.5 Å². The average molecular weight is 242 g/mol. The van der Waals surface area contributed by atoms with Gasteiger partial charge in [-0.15, -0.1) is 0 Å². The van der Waals surface area contributed by atoms with Gasteiger partial charge >= 0.3 is 5.97 Å². The van der Waals surface area contributed by atoms with Gasteiger partial charge in [0, 0.05) is 13.1 Å². The van der Waals surface area contributed by atoms with E-state index in [2.05, 4.69) is 9.88 Å². The molecule has 1 aliphatic heterocycles. The minimum atomic E-state index is -0.918. The molecule has 16 heavy (non-hydrogen) atoms. The molecule has 6 heteroatoms. The molecule has 1 fully saturated rings. The van der Waals surface area contributed by atoms with E-state index in [9.17, 15) is 4.79 Å². The molecule has 0 bridgehead atoms. The zero-order valence-corrected chi connectivity index (χ0v) is 10.0. The zero-order valence-electron chi connectivity index (χ0n) is 9.21. The van der Waals surface area contributed by atoms with Gasteiger partial charge in [-0.3, -0.25) is 0 Å². The summed E-state index contributed by atoms with van der Waals surface area (Å²) < 4.78 is 5.61. The maximum Gasteiger partial charge on any atom is 0.347 e. The van der Waals surface area contributed by atoms with E-state index in [4.69, 9.17) is 9.84 Å². The summed E-state index contributed by atoms with van der Waals surface area (Å²) in [6.45, 7) is 5.54. The molecule has 88 valence electrons. The van der Waals surface area contributed by atoms with Crippen molar-refractivity contribution in [2.24, 2.45) is 0 Å². The van der Waals surface area contributed by atoms with Gasteiger partial charge in [0.05, 0.1) is 18.4 Å². The Morgan fingerprint density at radius 1 is 1.56 bits per heavy atom. The first-order chi connectivity index (χ1) is 7.56. The summed E-state index contributed by atoms with van der Waals surface area (Å²) in [7, 11) is 0. The fraction of sp³-hybridized carbons (Fsp3) is 0.600. The predicted octanol–water partition coefficient (Wildman–Crippen LogP) is 1.45. The van der Waals surface area contributed by atoms with Gasteiger partial charge in [0.1, 0.15) is 4.88 Å². The highest BCUT2D eigenvalue weighted by Crippen LogP contribution is 2.25. The van der Waals surface area contributed by atoms with Gasteiger partial charge in [-0.1, -0.05) is 11.3 Å². The number of thiazole rings is 1. The predicted molar refractivity (Wildman–Crippen MR) is 61.3 cm³/mol. The van der Waals surface area contributed by atoms with Gasteiger partial charge in [-0.2, -0.15) is 0 Å². The first kappa shape index (κ1) is 11.3. The first-order valence-corrected chi connectivity index (χ1v) is 5.97. The highest BCUT2D eigenvalue weighted by atomic mass is 32.1. The molecule has 2 heterocycles. The third-order valence-corrected chi connectivity index (χ3v) is 3.44. The molecule has 0 aliphatic carbocycles. The van der Waals surface area contributed by atoms with E-state index in [0.717, 1.165) is 18.2 Å². The summed E-state index contributed by atoms with van der Waals surface area (Å²) in [4.78, 5) is 17.2. The van der Waals surface area contributed by atoms with Crippen molar-refractivity contribution in [1.29, 1.82) is 0 Å². The van der Waals surface area contributed by atoms with Crippen molar-refractivity contribution in [2.45, 2.75) is 26.1 Å². The molecule has 1 saturated heterocycles. The number of nitrogens with zero attached hydrogens (tertiary/aromatic N) is 2. The van der Waals surface area contributed by atoms with Crippen LogP contribution in [0.5, 0.6) is 0 Å². The van der Waals surface area contributed by atoms with Crippen molar-refractivity contribution in [1.82, 2.24) is 4.98 Å². The molecule has 0 saturated carbocycles. The van der Waals surface area contributed by atoms with Crippen LogP contribution < -0.4 is 4.90 Å². The van der Waals surface area contributed by atoms with Crippen LogP contribution in [0.2, 0.25) is 0 Å². The molecule has 0 unspecified atom stereocenters. The molecule has 0 spiro atoms. The number of hydrogen-bond donors (Lipinski definition) is 1. The maximum absolute atomic E-state index is 10.8. The summed E-state index contributed by atoms with van der Waals surface area (Å²) in [6, 6.07) is 0. The lowest BCUT2D eigenvalue weighted by Gasteiger charge is -2.35. The number of rotatable bonds is 2. The lowest BCUT2D eigenvalue weighted by molar-refractivity contribution is -0.00523. The summed E-state index contributed by atoms with van der Waals surface area (Å²) in [6.07, 6.45) is 1.72. The molecule has 2 rings (SSSR count). The Hall–Kier alpha value is -1.14. The molecule has 1 aromatic heterocycles. The Morgan fingerprint density at radius 3 is 2.69 bits per heavy atom. The second-order valence-electron chi connectivity index (χ2n) is 3.97. The summed E-state index contributed by atoms with van der Waals surface area (Å²) in [5.41, 5.74) is 0. The number of carboxylic acids is 1. The summed E-state index contributed by atoms with van der Waals surface area (Å²) >= 11 is 1.21. The van der Waals surface area contributed by atoms with Gasteiger partial charge in [0.25, 0.3) is 0 Å². The van der Waals surface area contributed by atoms with Gasteiger partial charge in [0.15, 0.2) is 5.13 Å². The Bertz CT molecular complexity index is 383. The summed E-state index contributed by atoms with van der Waals surface area (Å²) in [5.74, 6) is -0.918. The van der Waals surface area contributed by atoms with Crippen molar-refractivity contribution in [3.63, 3.8) is 0 Å². The minimum Gasteiger partial charge on any atom is -0.477 e. The maximum atomic E-state index is 10.8. The molecule has 2 atom stereocenters. The quantitative estimate of drug-likeness (QED) is 0.850. The molecule has 0 aromatic carbocycles. The third kappa shape index (κ3) is 2.33. The van der Waals surface area contributed by atoms with Crippen molar-refractivity contribution in [2.75, 3.05) is 18.0 Å². The SMILES string of the molecule is C[C@@H]1CN(c2ncc(C(=O)O)s2)C[C@H](C)O1. The number of ether oxygens (including phenoxy) is 1. The van der Waals surface area contributed by atoms with E-state index in [0.29, 0.717) is 0 Å². The normalized spacial score (nSPS) is 25.8. The first-order valence-electron chi connectivity index (χ1n) is 5.16. The number of carboxylic acid groups (broad SMARTS) is 1. The van der Waals surface area contributed by atoms with E-state index in [1.807, 2.05) is 13.8 Å². The molecule has 0 amide bonds. The Kier molecular flexibility index (Phi) is 3.11. The van der Waals surface area contributed by atoms with Crippen LogP contribution >= 0.6 is 11.3 Å². The van der Waals surface area contributed by atoms with Crippen molar-refractivity contribution < 1.29 is 14.6 Å². The van der Waals surface area contributed by atoms with Gasteiger partial charge in [0.2, 0.25) is 0 Å². The van der Waals surface area contributed by atoms with E-state index in [1.165, 1.54) is 17.5 Å². The number of carbonyl (C=O) groups is 1. The zero-order chi connectivity index (χ0) is 11.7.